The first-order chi connectivity index (χ1) is 4.83. The zero-order chi connectivity index (χ0) is 7.40. The van der Waals surface area contributed by atoms with Crippen molar-refractivity contribution in [2.45, 2.75) is 32.6 Å². The number of rotatable bonds is 1. The van der Waals surface area contributed by atoms with Crippen molar-refractivity contribution in [2.75, 3.05) is 0 Å². The molecule has 0 aromatic rings. The second kappa shape index (κ2) is 3.55. The van der Waals surface area contributed by atoms with Crippen molar-refractivity contribution in [3.05, 3.63) is 11.6 Å². The second-order valence-corrected chi connectivity index (χ2v) is 3.08. The molecule has 1 atom stereocenters. The number of hydrogen-bond acceptors (Lipinski definition) is 1. The fourth-order valence-corrected chi connectivity index (χ4v) is 1.43. The molecule has 1 aliphatic carbocycles. The van der Waals surface area contributed by atoms with Gasteiger partial charge < -0.3 is 0 Å². The molecular formula is C9H14O. The molecule has 0 aromatic heterocycles. The molecule has 0 aliphatic heterocycles. The van der Waals surface area contributed by atoms with Crippen LogP contribution in [0.1, 0.15) is 32.6 Å². The highest BCUT2D eigenvalue weighted by atomic mass is 16.1. The average Bonchev–Trinajstić information content (AvgIpc) is 2.13. The summed E-state index contributed by atoms with van der Waals surface area (Å²) in [5.41, 5.74) is 1.00. The van der Waals surface area contributed by atoms with Crippen LogP contribution in [0.2, 0.25) is 0 Å². The van der Waals surface area contributed by atoms with Crippen LogP contribution < -0.4 is 0 Å². The molecule has 1 aliphatic rings. The van der Waals surface area contributed by atoms with Gasteiger partial charge in [0.1, 0.15) is 6.29 Å². The fraction of sp³-hybridized carbons (Fsp3) is 0.667. The Labute approximate surface area is 62.1 Å². The van der Waals surface area contributed by atoms with Gasteiger partial charge in [0, 0.05) is 0 Å². The summed E-state index contributed by atoms with van der Waals surface area (Å²) < 4.78 is 0. The fourth-order valence-electron chi connectivity index (χ4n) is 1.43. The third kappa shape index (κ3) is 1.98. The summed E-state index contributed by atoms with van der Waals surface area (Å²) in [6.45, 7) is 2.18. The zero-order valence-electron chi connectivity index (χ0n) is 6.47. The number of carbonyl (C=O) groups excluding carboxylic acids is 1. The summed E-state index contributed by atoms with van der Waals surface area (Å²) in [6, 6.07) is 0. The topological polar surface area (TPSA) is 17.1 Å². The molecule has 0 saturated carbocycles. The molecule has 0 amide bonds. The van der Waals surface area contributed by atoms with Crippen LogP contribution in [0.3, 0.4) is 0 Å². The van der Waals surface area contributed by atoms with Crippen LogP contribution in [0.15, 0.2) is 11.6 Å². The van der Waals surface area contributed by atoms with Crippen LogP contribution in [0.5, 0.6) is 0 Å². The van der Waals surface area contributed by atoms with Gasteiger partial charge in [-0.15, -0.1) is 0 Å². The number of carbonyl (C=O) groups is 1. The van der Waals surface area contributed by atoms with Crippen molar-refractivity contribution >= 4 is 6.29 Å². The molecule has 0 fully saturated rings. The summed E-state index contributed by atoms with van der Waals surface area (Å²) in [6.07, 6.45) is 7.82. The second-order valence-electron chi connectivity index (χ2n) is 3.08. The smallest absolute Gasteiger partial charge is 0.145 e. The maximum Gasteiger partial charge on any atom is 0.145 e. The van der Waals surface area contributed by atoms with E-state index in [1.807, 2.05) is 0 Å². The molecule has 10 heavy (non-hydrogen) atoms. The normalized spacial score (nSPS) is 26.9. The van der Waals surface area contributed by atoms with Gasteiger partial charge in [0.05, 0.1) is 0 Å². The predicted molar refractivity (Wildman–Crippen MR) is 41.8 cm³/mol. The van der Waals surface area contributed by atoms with Gasteiger partial charge in [-0.2, -0.15) is 0 Å². The van der Waals surface area contributed by atoms with Crippen LogP contribution in [0.4, 0.5) is 0 Å². The van der Waals surface area contributed by atoms with Crippen LogP contribution >= 0.6 is 0 Å². The first-order valence-electron chi connectivity index (χ1n) is 3.99. The van der Waals surface area contributed by atoms with Crippen molar-refractivity contribution in [1.29, 1.82) is 0 Å². The van der Waals surface area contributed by atoms with Gasteiger partial charge in [-0.25, -0.2) is 0 Å². The lowest BCUT2D eigenvalue weighted by atomic mass is 10.1. The van der Waals surface area contributed by atoms with Crippen LogP contribution in [-0.4, -0.2) is 6.29 Å². The van der Waals surface area contributed by atoms with Gasteiger partial charge in [0.25, 0.3) is 0 Å². The molecule has 0 heterocycles. The Balaban J connectivity index is 2.58. The van der Waals surface area contributed by atoms with E-state index in [0.29, 0.717) is 5.92 Å². The first kappa shape index (κ1) is 7.52. The van der Waals surface area contributed by atoms with Gasteiger partial charge >= 0.3 is 0 Å². The molecule has 0 aromatic carbocycles. The van der Waals surface area contributed by atoms with Gasteiger partial charge in [-0.1, -0.05) is 19.4 Å². The van der Waals surface area contributed by atoms with E-state index in [9.17, 15) is 4.79 Å². The standard InChI is InChI=1S/C9H14O/c1-8-4-2-3-5-9(6-8)7-10/h6-8H,2-5H2,1H3. The Kier molecular flexibility index (Phi) is 2.67. The van der Waals surface area contributed by atoms with Crippen molar-refractivity contribution in [3.8, 4) is 0 Å². The van der Waals surface area contributed by atoms with E-state index < -0.39 is 0 Å². The quantitative estimate of drug-likeness (QED) is 0.508. The van der Waals surface area contributed by atoms with Crippen molar-refractivity contribution in [1.82, 2.24) is 0 Å². The lowest BCUT2D eigenvalue weighted by Crippen LogP contribution is -1.87. The molecule has 0 radical (unpaired) electrons. The summed E-state index contributed by atoms with van der Waals surface area (Å²) in [5, 5.41) is 0. The van der Waals surface area contributed by atoms with E-state index >= 15 is 0 Å². The molecule has 1 unspecified atom stereocenters. The van der Waals surface area contributed by atoms with E-state index in [0.717, 1.165) is 18.3 Å². The summed E-state index contributed by atoms with van der Waals surface area (Å²) >= 11 is 0. The Hall–Kier alpha value is -0.590. The maximum absolute atomic E-state index is 10.4. The lowest BCUT2D eigenvalue weighted by molar-refractivity contribution is -0.105. The Morgan fingerprint density at radius 3 is 3.10 bits per heavy atom. The minimum absolute atomic E-state index is 0.614. The number of aldehydes is 1. The van der Waals surface area contributed by atoms with E-state index in [2.05, 4.69) is 13.0 Å². The third-order valence-corrected chi connectivity index (χ3v) is 2.02. The van der Waals surface area contributed by atoms with E-state index in [1.165, 1.54) is 19.3 Å². The first-order valence-corrected chi connectivity index (χ1v) is 3.99. The highest BCUT2D eigenvalue weighted by Gasteiger charge is 2.06. The number of hydrogen-bond donors (Lipinski definition) is 0. The van der Waals surface area contributed by atoms with Crippen LogP contribution in [-0.2, 0) is 4.79 Å². The van der Waals surface area contributed by atoms with E-state index in [-0.39, 0.29) is 0 Å². The average molecular weight is 138 g/mol. The summed E-state index contributed by atoms with van der Waals surface area (Å²) in [7, 11) is 0. The van der Waals surface area contributed by atoms with Gasteiger partial charge in [0.2, 0.25) is 0 Å². The SMILES string of the molecule is CC1C=C(C=O)CCCC1. The highest BCUT2D eigenvalue weighted by molar-refractivity contribution is 5.73. The highest BCUT2D eigenvalue weighted by Crippen LogP contribution is 2.19. The number of allylic oxidation sites excluding steroid dienone is 2. The molecule has 0 spiro atoms. The minimum atomic E-state index is 0.614. The molecule has 0 N–H and O–H groups in total. The van der Waals surface area contributed by atoms with Crippen LogP contribution in [0.25, 0.3) is 0 Å². The van der Waals surface area contributed by atoms with Crippen molar-refractivity contribution < 1.29 is 4.79 Å². The van der Waals surface area contributed by atoms with Gasteiger partial charge in [-0.05, 0) is 30.8 Å². The molecular weight excluding hydrogens is 124 g/mol. The largest absolute Gasteiger partial charge is 0.298 e. The molecule has 1 heteroatoms. The Morgan fingerprint density at radius 2 is 2.40 bits per heavy atom. The molecule has 0 saturated heterocycles. The zero-order valence-corrected chi connectivity index (χ0v) is 6.47. The maximum atomic E-state index is 10.4. The predicted octanol–water partition coefficient (Wildman–Crippen LogP) is 2.32. The lowest BCUT2D eigenvalue weighted by Gasteiger charge is -1.99. The Bertz CT molecular complexity index is 147. The van der Waals surface area contributed by atoms with E-state index in [4.69, 9.17) is 0 Å². The monoisotopic (exact) mass is 138 g/mol. The third-order valence-electron chi connectivity index (χ3n) is 2.02. The minimum Gasteiger partial charge on any atom is -0.298 e. The molecule has 56 valence electrons. The van der Waals surface area contributed by atoms with Gasteiger partial charge in [0.15, 0.2) is 0 Å². The van der Waals surface area contributed by atoms with E-state index in [1.54, 1.807) is 0 Å². The van der Waals surface area contributed by atoms with Gasteiger partial charge in [-0.3, -0.25) is 4.79 Å². The Morgan fingerprint density at radius 1 is 1.60 bits per heavy atom. The van der Waals surface area contributed by atoms with Crippen LogP contribution in [0, 0.1) is 5.92 Å². The molecule has 1 rings (SSSR count). The van der Waals surface area contributed by atoms with Crippen molar-refractivity contribution in [3.63, 3.8) is 0 Å². The van der Waals surface area contributed by atoms with Crippen molar-refractivity contribution in [2.24, 2.45) is 5.92 Å². The molecule has 1 nitrogen and oxygen atoms in total. The summed E-state index contributed by atoms with van der Waals surface area (Å²) in [5.74, 6) is 0.614. The molecule has 0 bridgehead atoms. The summed E-state index contributed by atoms with van der Waals surface area (Å²) in [4.78, 5) is 10.4.